The highest BCUT2D eigenvalue weighted by molar-refractivity contribution is 6.31. The highest BCUT2D eigenvalue weighted by Crippen LogP contribution is 2.25. The van der Waals surface area contributed by atoms with Gasteiger partial charge in [-0.2, -0.15) is 5.10 Å². The van der Waals surface area contributed by atoms with E-state index in [4.69, 9.17) is 11.6 Å². The fourth-order valence-electron chi connectivity index (χ4n) is 3.35. The summed E-state index contributed by atoms with van der Waals surface area (Å²) in [5.41, 5.74) is 5.16. The fourth-order valence-corrected chi connectivity index (χ4v) is 3.52. The molecule has 23 heavy (non-hydrogen) atoms. The second-order valence-corrected chi connectivity index (χ2v) is 6.43. The van der Waals surface area contributed by atoms with Crippen LogP contribution < -0.4 is 0 Å². The zero-order valence-corrected chi connectivity index (χ0v) is 13.1. The Hall–Kier alpha value is -2.40. The molecule has 1 aliphatic heterocycles. The third kappa shape index (κ3) is 2.11. The maximum absolute atomic E-state index is 6.12. The van der Waals surface area contributed by atoms with E-state index in [0.717, 1.165) is 46.4 Å². The SMILES string of the molecule is Clc1ccc2ncc3nc(Cc4cc5n(n4)CCC5)[nH]c3c2c1. The monoisotopic (exact) mass is 323 g/mol. The predicted octanol–water partition coefficient (Wildman–Crippen LogP) is 3.50. The van der Waals surface area contributed by atoms with Gasteiger partial charge in [-0.15, -0.1) is 0 Å². The van der Waals surface area contributed by atoms with E-state index in [2.05, 4.69) is 30.8 Å². The Morgan fingerprint density at radius 3 is 3.09 bits per heavy atom. The Bertz CT molecular complexity index is 1020. The Labute approximate surface area is 137 Å². The van der Waals surface area contributed by atoms with Crippen molar-refractivity contribution in [2.45, 2.75) is 25.8 Å². The average molecular weight is 324 g/mol. The number of pyridine rings is 1. The molecule has 0 fully saturated rings. The molecule has 1 aliphatic rings. The van der Waals surface area contributed by atoms with Crippen LogP contribution in [0.15, 0.2) is 30.5 Å². The van der Waals surface area contributed by atoms with Crippen LogP contribution in [-0.4, -0.2) is 24.7 Å². The molecule has 0 saturated heterocycles. The van der Waals surface area contributed by atoms with Gasteiger partial charge in [-0.25, -0.2) is 4.98 Å². The summed E-state index contributed by atoms with van der Waals surface area (Å²) in [6, 6.07) is 7.90. The van der Waals surface area contributed by atoms with Crippen molar-refractivity contribution < 1.29 is 0 Å². The third-order valence-corrected chi connectivity index (χ3v) is 4.64. The number of hydrogen-bond donors (Lipinski definition) is 1. The lowest BCUT2D eigenvalue weighted by Crippen LogP contribution is -1.97. The summed E-state index contributed by atoms with van der Waals surface area (Å²) in [6.07, 6.45) is 4.83. The summed E-state index contributed by atoms with van der Waals surface area (Å²) in [4.78, 5) is 12.5. The van der Waals surface area contributed by atoms with Crippen molar-refractivity contribution in [2.24, 2.45) is 0 Å². The number of nitrogens with zero attached hydrogens (tertiary/aromatic N) is 4. The number of nitrogens with one attached hydrogen (secondary N) is 1. The summed E-state index contributed by atoms with van der Waals surface area (Å²) in [5, 5.41) is 6.36. The number of H-pyrrole nitrogens is 1. The van der Waals surface area contributed by atoms with E-state index in [-0.39, 0.29) is 0 Å². The van der Waals surface area contributed by atoms with Crippen LogP contribution in [0.2, 0.25) is 5.02 Å². The number of aromatic nitrogens is 5. The molecule has 0 aliphatic carbocycles. The van der Waals surface area contributed by atoms with Gasteiger partial charge in [0.15, 0.2) is 0 Å². The molecule has 1 N–H and O–H groups in total. The van der Waals surface area contributed by atoms with Crippen molar-refractivity contribution >= 4 is 33.5 Å². The zero-order valence-electron chi connectivity index (χ0n) is 12.4. The lowest BCUT2D eigenvalue weighted by atomic mass is 10.2. The van der Waals surface area contributed by atoms with Gasteiger partial charge in [0.25, 0.3) is 0 Å². The minimum Gasteiger partial charge on any atom is -0.341 e. The molecule has 0 unspecified atom stereocenters. The van der Waals surface area contributed by atoms with Gasteiger partial charge in [-0.3, -0.25) is 9.67 Å². The molecule has 0 radical (unpaired) electrons. The molecule has 114 valence electrons. The topological polar surface area (TPSA) is 59.4 Å². The lowest BCUT2D eigenvalue weighted by Gasteiger charge is -1.98. The van der Waals surface area contributed by atoms with Crippen molar-refractivity contribution in [2.75, 3.05) is 0 Å². The van der Waals surface area contributed by atoms with Gasteiger partial charge in [-0.05, 0) is 37.1 Å². The summed E-state index contributed by atoms with van der Waals surface area (Å²) in [7, 11) is 0. The van der Waals surface area contributed by atoms with Crippen molar-refractivity contribution in [3.05, 3.63) is 52.7 Å². The fraction of sp³-hybridized carbons (Fsp3) is 0.235. The first-order chi connectivity index (χ1) is 11.3. The maximum atomic E-state index is 6.12. The molecule has 4 aromatic rings. The summed E-state index contributed by atoms with van der Waals surface area (Å²) < 4.78 is 2.11. The normalized spacial score (nSPS) is 14.0. The second kappa shape index (κ2) is 4.80. The first kappa shape index (κ1) is 13.1. The van der Waals surface area contributed by atoms with E-state index in [1.165, 1.54) is 12.1 Å². The Kier molecular flexibility index (Phi) is 2.73. The van der Waals surface area contributed by atoms with Gasteiger partial charge in [0.05, 0.1) is 22.9 Å². The van der Waals surface area contributed by atoms with Crippen molar-refractivity contribution in [1.82, 2.24) is 24.7 Å². The molecule has 0 spiro atoms. The molecular weight excluding hydrogens is 310 g/mol. The molecule has 0 bridgehead atoms. The average Bonchev–Trinajstić information content (AvgIpc) is 3.21. The number of aryl methyl sites for hydroxylation is 2. The summed E-state index contributed by atoms with van der Waals surface area (Å²) in [6.45, 7) is 1.03. The predicted molar refractivity (Wildman–Crippen MR) is 89.8 cm³/mol. The van der Waals surface area contributed by atoms with E-state index >= 15 is 0 Å². The van der Waals surface area contributed by atoms with Crippen LogP contribution in [0.25, 0.3) is 21.9 Å². The van der Waals surface area contributed by atoms with Crippen molar-refractivity contribution in [3.8, 4) is 0 Å². The highest BCUT2D eigenvalue weighted by atomic mass is 35.5. The number of benzene rings is 1. The first-order valence-electron chi connectivity index (χ1n) is 7.75. The first-order valence-corrected chi connectivity index (χ1v) is 8.12. The number of rotatable bonds is 2. The van der Waals surface area contributed by atoms with Crippen LogP contribution in [-0.2, 0) is 19.4 Å². The molecule has 0 saturated carbocycles. The third-order valence-electron chi connectivity index (χ3n) is 4.40. The summed E-state index contributed by atoms with van der Waals surface area (Å²) in [5.74, 6) is 0.908. The number of hydrogen-bond acceptors (Lipinski definition) is 3. The maximum Gasteiger partial charge on any atom is 0.113 e. The van der Waals surface area contributed by atoms with Crippen molar-refractivity contribution in [3.63, 3.8) is 0 Å². The van der Waals surface area contributed by atoms with E-state index in [1.807, 2.05) is 18.2 Å². The van der Waals surface area contributed by atoms with E-state index < -0.39 is 0 Å². The van der Waals surface area contributed by atoms with Gasteiger partial charge in [0.2, 0.25) is 0 Å². The zero-order chi connectivity index (χ0) is 15.4. The standard InChI is InChI=1S/C17H14ClN5/c18-10-3-4-14-13(6-10)17-15(9-19-14)20-16(21-17)8-11-7-12-2-1-5-23(12)22-11/h3-4,6-7,9H,1-2,5,8H2,(H,20,21). The van der Waals surface area contributed by atoms with Crippen LogP contribution in [0.3, 0.4) is 0 Å². The van der Waals surface area contributed by atoms with Gasteiger partial charge in [0, 0.05) is 29.1 Å². The molecule has 4 heterocycles. The second-order valence-electron chi connectivity index (χ2n) is 5.99. The quantitative estimate of drug-likeness (QED) is 0.614. The lowest BCUT2D eigenvalue weighted by molar-refractivity contribution is 0.645. The number of fused-ring (bicyclic) bond motifs is 4. The van der Waals surface area contributed by atoms with Crippen LogP contribution in [0.4, 0.5) is 0 Å². The molecule has 0 atom stereocenters. The van der Waals surface area contributed by atoms with Crippen LogP contribution in [0.1, 0.15) is 23.6 Å². The van der Waals surface area contributed by atoms with E-state index in [9.17, 15) is 0 Å². The van der Waals surface area contributed by atoms with Gasteiger partial charge >= 0.3 is 0 Å². The minimum absolute atomic E-state index is 0.702. The Balaban J connectivity index is 1.59. The molecular formula is C17H14ClN5. The smallest absolute Gasteiger partial charge is 0.113 e. The van der Waals surface area contributed by atoms with E-state index in [1.54, 1.807) is 6.20 Å². The Morgan fingerprint density at radius 2 is 2.17 bits per heavy atom. The number of imidazole rings is 1. The molecule has 5 rings (SSSR count). The summed E-state index contributed by atoms with van der Waals surface area (Å²) >= 11 is 6.12. The van der Waals surface area contributed by atoms with Gasteiger partial charge in [-0.1, -0.05) is 11.6 Å². The van der Waals surface area contributed by atoms with E-state index in [0.29, 0.717) is 11.4 Å². The highest BCUT2D eigenvalue weighted by Gasteiger charge is 2.15. The Morgan fingerprint density at radius 1 is 1.22 bits per heavy atom. The minimum atomic E-state index is 0.702. The number of halogens is 1. The van der Waals surface area contributed by atoms with Gasteiger partial charge < -0.3 is 4.98 Å². The largest absolute Gasteiger partial charge is 0.341 e. The molecule has 6 heteroatoms. The number of aromatic amines is 1. The molecule has 5 nitrogen and oxygen atoms in total. The van der Waals surface area contributed by atoms with Crippen molar-refractivity contribution in [1.29, 1.82) is 0 Å². The van der Waals surface area contributed by atoms with Crippen LogP contribution >= 0.6 is 11.6 Å². The van der Waals surface area contributed by atoms with Gasteiger partial charge in [0.1, 0.15) is 11.3 Å². The van der Waals surface area contributed by atoms with Crippen LogP contribution in [0, 0.1) is 0 Å². The molecule has 3 aromatic heterocycles. The van der Waals surface area contributed by atoms with Crippen LogP contribution in [0.5, 0.6) is 0 Å². The molecule has 1 aromatic carbocycles. The molecule has 0 amide bonds.